The number of hydrogen-bond donors (Lipinski definition) is 0. The average molecular weight is 374 g/mol. The van der Waals surface area contributed by atoms with Gasteiger partial charge in [0.2, 0.25) is 0 Å². The largest absolute Gasteiger partial charge is 0.127 e. The lowest BCUT2D eigenvalue weighted by molar-refractivity contribution is -0.0570. The minimum Gasteiger partial charge on any atom is -0.127 e. The molecule has 4 aliphatic carbocycles. The first kappa shape index (κ1) is 14.1. The first-order valence-corrected chi connectivity index (χ1v) is 10.0. The van der Waals surface area contributed by atoms with Crippen molar-refractivity contribution in [2.75, 3.05) is 0 Å². The SMILES string of the molecule is Cc1cc(C(Br)CC23CC4CC(CC(C4)C2)C3)sc1Cl. The van der Waals surface area contributed by atoms with Gasteiger partial charge in [-0.3, -0.25) is 0 Å². The molecule has 4 fully saturated rings. The van der Waals surface area contributed by atoms with Crippen LogP contribution < -0.4 is 0 Å². The molecule has 0 saturated heterocycles. The van der Waals surface area contributed by atoms with Crippen LogP contribution in [0.4, 0.5) is 0 Å². The summed E-state index contributed by atoms with van der Waals surface area (Å²) in [4.78, 5) is 1.94. The summed E-state index contributed by atoms with van der Waals surface area (Å²) in [6.45, 7) is 2.12. The van der Waals surface area contributed by atoms with Crippen molar-refractivity contribution in [3.63, 3.8) is 0 Å². The molecular weight excluding hydrogens is 352 g/mol. The fourth-order valence-corrected chi connectivity index (χ4v) is 7.95. The summed E-state index contributed by atoms with van der Waals surface area (Å²) in [7, 11) is 0. The maximum atomic E-state index is 6.25. The Labute approximate surface area is 139 Å². The summed E-state index contributed by atoms with van der Waals surface area (Å²) >= 11 is 12.0. The van der Waals surface area contributed by atoms with Crippen molar-refractivity contribution >= 4 is 38.9 Å². The smallest absolute Gasteiger partial charge is 0.0960 e. The predicted octanol–water partition coefficient (Wildman–Crippen LogP) is 6.75. The van der Waals surface area contributed by atoms with Gasteiger partial charge in [-0.15, -0.1) is 11.3 Å². The normalized spacial score (nSPS) is 40.2. The summed E-state index contributed by atoms with van der Waals surface area (Å²) in [5.74, 6) is 3.15. The third-order valence-electron chi connectivity index (χ3n) is 5.96. The lowest BCUT2D eigenvalue weighted by Crippen LogP contribution is -2.46. The van der Waals surface area contributed by atoms with Gasteiger partial charge >= 0.3 is 0 Å². The quantitative estimate of drug-likeness (QED) is 0.514. The van der Waals surface area contributed by atoms with E-state index in [4.69, 9.17) is 11.6 Å². The second-order valence-electron chi connectivity index (χ2n) is 7.69. The molecule has 3 heteroatoms. The van der Waals surface area contributed by atoms with Crippen LogP contribution in [0.5, 0.6) is 0 Å². The zero-order chi connectivity index (χ0) is 13.9. The lowest BCUT2D eigenvalue weighted by Gasteiger charge is -2.57. The van der Waals surface area contributed by atoms with E-state index in [-0.39, 0.29) is 0 Å². The van der Waals surface area contributed by atoms with Crippen molar-refractivity contribution in [1.82, 2.24) is 0 Å². The third-order valence-corrected chi connectivity index (χ3v) is 8.75. The average Bonchev–Trinajstić information content (AvgIpc) is 2.67. The van der Waals surface area contributed by atoms with Crippen molar-refractivity contribution in [2.24, 2.45) is 23.2 Å². The predicted molar refractivity (Wildman–Crippen MR) is 91.0 cm³/mol. The molecule has 1 heterocycles. The molecule has 1 unspecified atom stereocenters. The van der Waals surface area contributed by atoms with Crippen LogP contribution in [0.25, 0.3) is 0 Å². The molecule has 1 aromatic heterocycles. The Morgan fingerprint density at radius 2 is 1.80 bits per heavy atom. The van der Waals surface area contributed by atoms with Gasteiger partial charge in [0.15, 0.2) is 0 Å². The van der Waals surface area contributed by atoms with Gasteiger partial charge in [-0.1, -0.05) is 27.5 Å². The van der Waals surface area contributed by atoms with E-state index in [1.54, 1.807) is 11.3 Å². The molecule has 0 amide bonds. The van der Waals surface area contributed by atoms with Gasteiger partial charge < -0.3 is 0 Å². The number of aryl methyl sites for hydroxylation is 1. The Balaban J connectivity index is 1.53. The van der Waals surface area contributed by atoms with Gasteiger partial charge in [-0.25, -0.2) is 0 Å². The molecule has 4 saturated carbocycles. The Morgan fingerprint density at radius 3 is 2.25 bits per heavy atom. The van der Waals surface area contributed by atoms with Crippen LogP contribution in [0, 0.1) is 30.1 Å². The summed E-state index contributed by atoms with van der Waals surface area (Å²) < 4.78 is 0.968. The molecule has 4 aliphatic rings. The van der Waals surface area contributed by atoms with Crippen molar-refractivity contribution < 1.29 is 0 Å². The molecule has 20 heavy (non-hydrogen) atoms. The van der Waals surface area contributed by atoms with Gasteiger partial charge in [0, 0.05) is 9.70 Å². The number of halogens is 2. The van der Waals surface area contributed by atoms with Crippen LogP contribution in [-0.2, 0) is 0 Å². The first-order valence-electron chi connectivity index (χ1n) is 7.93. The van der Waals surface area contributed by atoms with Crippen LogP contribution in [-0.4, -0.2) is 0 Å². The number of hydrogen-bond acceptors (Lipinski definition) is 1. The Bertz CT molecular complexity index is 466. The highest BCUT2D eigenvalue weighted by Crippen LogP contribution is 2.63. The molecule has 5 rings (SSSR count). The minimum atomic E-state index is 0.509. The molecule has 0 aliphatic heterocycles. The van der Waals surface area contributed by atoms with Crippen LogP contribution in [0.15, 0.2) is 6.07 Å². The van der Waals surface area contributed by atoms with Crippen molar-refractivity contribution in [3.05, 3.63) is 20.8 Å². The van der Waals surface area contributed by atoms with Gasteiger partial charge in [-0.2, -0.15) is 0 Å². The fraction of sp³-hybridized carbons (Fsp3) is 0.765. The topological polar surface area (TPSA) is 0 Å². The third kappa shape index (κ3) is 2.40. The maximum absolute atomic E-state index is 6.25. The standard InChI is InChI=1S/C17H22BrClS/c1-10-2-15(20-16(10)19)14(18)9-17-6-11-3-12(7-17)5-13(4-11)8-17/h2,11-14H,3-9H2,1H3. The zero-order valence-corrected chi connectivity index (χ0v) is 15.2. The Kier molecular flexibility index (Phi) is 3.52. The molecule has 0 radical (unpaired) electrons. The molecule has 0 spiro atoms. The highest BCUT2D eigenvalue weighted by molar-refractivity contribution is 9.09. The Hall–Kier alpha value is 0.470. The summed E-state index contributed by atoms with van der Waals surface area (Å²) in [5, 5.41) is 0. The number of rotatable bonds is 3. The van der Waals surface area contributed by atoms with E-state index in [1.807, 2.05) is 0 Å². The molecule has 0 nitrogen and oxygen atoms in total. The second kappa shape index (κ2) is 4.99. The molecule has 0 aromatic carbocycles. The first-order chi connectivity index (χ1) is 9.53. The molecular formula is C17H22BrClS. The van der Waals surface area contributed by atoms with Gasteiger partial charge in [-0.05, 0) is 86.7 Å². The summed E-state index contributed by atoms with van der Waals surface area (Å²) in [5.41, 5.74) is 1.88. The monoisotopic (exact) mass is 372 g/mol. The highest BCUT2D eigenvalue weighted by Gasteiger charge is 2.51. The molecule has 110 valence electrons. The number of thiophene rings is 1. The van der Waals surface area contributed by atoms with E-state index in [0.29, 0.717) is 10.2 Å². The van der Waals surface area contributed by atoms with E-state index in [1.165, 1.54) is 55.4 Å². The van der Waals surface area contributed by atoms with Crippen molar-refractivity contribution in [3.8, 4) is 0 Å². The van der Waals surface area contributed by atoms with Crippen LogP contribution in [0.1, 0.15) is 60.2 Å². The number of alkyl halides is 1. The van der Waals surface area contributed by atoms with Gasteiger partial charge in [0.05, 0.1) is 4.34 Å². The maximum Gasteiger partial charge on any atom is 0.0960 e. The zero-order valence-electron chi connectivity index (χ0n) is 12.0. The van der Waals surface area contributed by atoms with Crippen LogP contribution >= 0.6 is 38.9 Å². The minimum absolute atomic E-state index is 0.509. The molecule has 1 aromatic rings. The van der Waals surface area contributed by atoms with Crippen molar-refractivity contribution in [1.29, 1.82) is 0 Å². The van der Waals surface area contributed by atoms with E-state index >= 15 is 0 Å². The van der Waals surface area contributed by atoms with Crippen LogP contribution in [0.3, 0.4) is 0 Å². The highest BCUT2D eigenvalue weighted by atomic mass is 79.9. The van der Waals surface area contributed by atoms with E-state index in [9.17, 15) is 0 Å². The second-order valence-corrected chi connectivity index (χ2v) is 10.5. The fourth-order valence-electron chi connectivity index (χ4n) is 5.66. The van der Waals surface area contributed by atoms with Crippen LogP contribution in [0.2, 0.25) is 4.34 Å². The van der Waals surface area contributed by atoms with Gasteiger partial charge in [0.1, 0.15) is 0 Å². The van der Waals surface area contributed by atoms with E-state index < -0.39 is 0 Å². The molecule has 4 bridgehead atoms. The van der Waals surface area contributed by atoms with Crippen molar-refractivity contribution in [2.45, 2.75) is 56.7 Å². The summed E-state index contributed by atoms with van der Waals surface area (Å²) in [6, 6.07) is 2.28. The lowest BCUT2D eigenvalue weighted by atomic mass is 9.48. The van der Waals surface area contributed by atoms with E-state index in [2.05, 4.69) is 28.9 Å². The Morgan fingerprint density at radius 1 is 1.25 bits per heavy atom. The molecule has 1 atom stereocenters. The van der Waals surface area contributed by atoms with E-state index in [0.717, 1.165) is 22.1 Å². The molecule has 0 N–H and O–H groups in total. The van der Waals surface area contributed by atoms with Gasteiger partial charge in [0.25, 0.3) is 0 Å². The summed E-state index contributed by atoms with van der Waals surface area (Å²) in [6.07, 6.45) is 10.4.